The lowest BCUT2D eigenvalue weighted by Gasteiger charge is -2.14. The Labute approximate surface area is 204 Å². The van der Waals surface area contributed by atoms with E-state index in [1.54, 1.807) is 17.8 Å². The molecule has 1 N–H and O–H groups in total. The first-order valence-electron chi connectivity index (χ1n) is 11.5. The zero-order chi connectivity index (χ0) is 25.2. The number of benzene rings is 1. The van der Waals surface area contributed by atoms with Crippen LogP contribution in [0.4, 0.5) is 4.39 Å². The highest BCUT2D eigenvalue weighted by Gasteiger charge is 2.17. The van der Waals surface area contributed by atoms with Crippen molar-refractivity contribution in [3.8, 4) is 16.9 Å². The summed E-state index contributed by atoms with van der Waals surface area (Å²) in [5.74, 6) is -0.259. The molecule has 10 heteroatoms. The van der Waals surface area contributed by atoms with E-state index in [2.05, 4.69) is 21.7 Å². The van der Waals surface area contributed by atoms with Crippen LogP contribution in [0.2, 0.25) is 0 Å². The second-order valence-electron chi connectivity index (χ2n) is 8.59. The SMILES string of the molecule is CCCc1cnc2ccc(-c3cccc(F)c3OCCc3c(CNS(C)(=O)=O)nn(C)c3C)cn12. The average Bonchev–Trinajstić information content (AvgIpc) is 3.33. The summed E-state index contributed by atoms with van der Waals surface area (Å²) < 4.78 is 50.1. The normalized spacial score (nSPS) is 11.9. The third-order valence-corrected chi connectivity index (χ3v) is 6.68. The predicted octanol–water partition coefficient (Wildman–Crippen LogP) is 3.81. The van der Waals surface area contributed by atoms with E-state index in [4.69, 9.17) is 4.74 Å². The molecule has 0 radical (unpaired) electrons. The highest BCUT2D eigenvalue weighted by molar-refractivity contribution is 7.88. The van der Waals surface area contributed by atoms with E-state index in [1.807, 2.05) is 41.9 Å². The van der Waals surface area contributed by atoms with Gasteiger partial charge < -0.3 is 9.14 Å². The van der Waals surface area contributed by atoms with Crippen LogP contribution in [0.1, 0.15) is 36.0 Å². The van der Waals surface area contributed by atoms with Crippen LogP contribution < -0.4 is 9.46 Å². The van der Waals surface area contributed by atoms with E-state index in [0.717, 1.165) is 47.3 Å². The smallest absolute Gasteiger partial charge is 0.209 e. The molecule has 0 unspecified atom stereocenters. The lowest BCUT2D eigenvalue weighted by molar-refractivity contribution is 0.306. The minimum Gasteiger partial charge on any atom is -0.490 e. The van der Waals surface area contributed by atoms with Gasteiger partial charge >= 0.3 is 0 Å². The molecule has 35 heavy (non-hydrogen) atoms. The fourth-order valence-electron chi connectivity index (χ4n) is 4.16. The number of sulfonamides is 1. The van der Waals surface area contributed by atoms with Gasteiger partial charge in [-0.05, 0) is 31.5 Å². The summed E-state index contributed by atoms with van der Waals surface area (Å²) in [5.41, 5.74) is 5.85. The Morgan fingerprint density at radius 1 is 1.17 bits per heavy atom. The number of imidazole rings is 1. The van der Waals surface area contributed by atoms with Crippen LogP contribution in [-0.2, 0) is 36.5 Å². The van der Waals surface area contributed by atoms with Crippen LogP contribution in [0, 0.1) is 12.7 Å². The Hall–Kier alpha value is -3.24. The number of ether oxygens (including phenoxy) is 1. The maximum absolute atomic E-state index is 14.9. The Kier molecular flexibility index (Phi) is 7.23. The van der Waals surface area contributed by atoms with Gasteiger partial charge in [0.05, 0.1) is 25.1 Å². The topological polar surface area (TPSA) is 90.5 Å². The molecular formula is C25H30FN5O3S. The zero-order valence-electron chi connectivity index (χ0n) is 20.4. The Bertz CT molecular complexity index is 1460. The van der Waals surface area contributed by atoms with Crippen molar-refractivity contribution in [2.45, 2.75) is 39.7 Å². The van der Waals surface area contributed by atoms with Crippen molar-refractivity contribution in [3.63, 3.8) is 0 Å². The van der Waals surface area contributed by atoms with Crippen LogP contribution in [0.5, 0.6) is 5.75 Å². The molecule has 0 bridgehead atoms. The third-order valence-electron chi connectivity index (χ3n) is 6.01. The van der Waals surface area contributed by atoms with E-state index in [0.29, 0.717) is 17.7 Å². The number of aromatic nitrogens is 4. The molecule has 0 atom stereocenters. The number of rotatable bonds is 10. The molecule has 0 aliphatic rings. The summed E-state index contributed by atoms with van der Waals surface area (Å²) in [6.07, 6.45) is 7.31. The summed E-state index contributed by atoms with van der Waals surface area (Å²) in [6.45, 7) is 4.33. The van der Waals surface area contributed by atoms with Gasteiger partial charge in [-0.25, -0.2) is 22.5 Å². The number of para-hydroxylation sites is 1. The minimum absolute atomic E-state index is 0.0891. The van der Waals surface area contributed by atoms with Crippen molar-refractivity contribution in [2.24, 2.45) is 7.05 Å². The minimum atomic E-state index is -3.35. The quantitative estimate of drug-likeness (QED) is 0.358. The van der Waals surface area contributed by atoms with Crippen molar-refractivity contribution in [2.75, 3.05) is 12.9 Å². The molecule has 0 spiro atoms. The molecule has 0 aliphatic heterocycles. The molecule has 8 nitrogen and oxygen atoms in total. The largest absolute Gasteiger partial charge is 0.490 e. The van der Waals surface area contributed by atoms with E-state index < -0.39 is 15.8 Å². The molecule has 0 saturated heterocycles. The third kappa shape index (κ3) is 5.54. The van der Waals surface area contributed by atoms with Gasteiger partial charge in [0.2, 0.25) is 10.0 Å². The fourth-order valence-corrected chi connectivity index (χ4v) is 4.56. The molecule has 1 aromatic carbocycles. The maximum Gasteiger partial charge on any atom is 0.209 e. The molecule has 3 aromatic heterocycles. The first-order valence-corrected chi connectivity index (χ1v) is 13.4. The summed E-state index contributed by atoms with van der Waals surface area (Å²) in [7, 11) is -1.55. The predicted molar refractivity (Wildman–Crippen MR) is 133 cm³/mol. The monoisotopic (exact) mass is 499 g/mol. The lowest BCUT2D eigenvalue weighted by atomic mass is 10.1. The van der Waals surface area contributed by atoms with Gasteiger partial charge in [0.25, 0.3) is 0 Å². The van der Waals surface area contributed by atoms with Gasteiger partial charge in [0.15, 0.2) is 11.6 Å². The van der Waals surface area contributed by atoms with Gasteiger partial charge in [-0.15, -0.1) is 0 Å². The number of nitrogens with zero attached hydrogens (tertiary/aromatic N) is 4. The van der Waals surface area contributed by atoms with Crippen molar-refractivity contribution < 1.29 is 17.5 Å². The van der Waals surface area contributed by atoms with Crippen LogP contribution in [0.3, 0.4) is 0 Å². The number of nitrogens with one attached hydrogen (secondary N) is 1. The lowest BCUT2D eigenvalue weighted by Crippen LogP contribution is -2.22. The van der Waals surface area contributed by atoms with E-state index in [9.17, 15) is 12.8 Å². The number of fused-ring (bicyclic) bond motifs is 1. The number of hydrogen-bond donors (Lipinski definition) is 1. The van der Waals surface area contributed by atoms with E-state index in [-0.39, 0.29) is 18.9 Å². The molecule has 0 amide bonds. The first kappa shape index (κ1) is 24.9. The van der Waals surface area contributed by atoms with Gasteiger partial charge in [-0.2, -0.15) is 5.10 Å². The molecule has 0 saturated carbocycles. The van der Waals surface area contributed by atoms with Crippen LogP contribution in [-0.4, -0.2) is 40.4 Å². The zero-order valence-corrected chi connectivity index (χ0v) is 21.2. The summed E-state index contributed by atoms with van der Waals surface area (Å²) in [4.78, 5) is 4.45. The highest BCUT2D eigenvalue weighted by atomic mass is 32.2. The summed E-state index contributed by atoms with van der Waals surface area (Å²) >= 11 is 0. The molecule has 4 rings (SSSR count). The van der Waals surface area contributed by atoms with Crippen LogP contribution in [0.25, 0.3) is 16.8 Å². The first-order chi connectivity index (χ1) is 16.7. The highest BCUT2D eigenvalue weighted by Crippen LogP contribution is 2.33. The van der Waals surface area contributed by atoms with Crippen LogP contribution in [0.15, 0.2) is 42.7 Å². The molecular weight excluding hydrogens is 469 g/mol. The number of aryl methyl sites for hydroxylation is 2. The van der Waals surface area contributed by atoms with Crippen molar-refractivity contribution >= 4 is 15.7 Å². The average molecular weight is 500 g/mol. The maximum atomic E-state index is 14.9. The van der Waals surface area contributed by atoms with Crippen molar-refractivity contribution in [1.82, 2.24) is 23.9 Å². The van der Waals surface area contributed by atoms with Crippen molar-refractivity contribution in [1.29, 1.82) is 0 Å². The van der Waals surface area contributed by atoms with Gasteiger partial charge in [-0.1, -0.05) is 25.5 Å². The summed E-state index contributed by atoms with van der Waals surface area (Å²) in [6, 6.07) is 8.73. The number of halogens is 1. The Morgan fingerprint density at radius 2 is 1.97 bits per heavy atom. The Morgan fingerprint density at radius 3 is 2.71 bits per heavy atom. The molecule has 186 valence electrons. The van der Waals surface area contributed by atoms with Gasteiger partial charge in [-0.3, -0.25) is 4.68 Å². The molecule has 0 fully saturated rings. The van der Waals surface area contributed by atoms with Gasteiger partial charge in [0.1, 0.15) is 5.65 Å². The van der Waals surface area contributed by atoms with E-state index in [1.165, 1.54) is 6.07 Å². The fraction of sp³-hybridized carbons (Fsp3) is 0.360. The second-order valence-corrected chi connectivity index (χ2v) is 10.4. The Balaban J connectivity index is 1.58. The van der Waals surface area contributed by atoms with Gasteiger partial charge in [0, 0.05) is 53.9 Å². The van der Waals surface area contributed by atoms with E-state index >= 15 is 0 Å². The summed E-state index contributed by atoms with van der Waals surface area (Å²) in [5, 5.41) is 4.42. The second kappa shape index (κ2) is 10.2. The number of hydrogen-bond acceptors (Lipinski definition) is 5. The number of pyridine rings is 1. The standard InChI is InChI=1S/C25H30FN5O3S/c1-5-7-19-14-27-24-11-10-18(16-31(19)24)21-8-6-9-22(26)25(21)34-13-12-20-17(2)30(3)29-23(20)15-28-35(4,32)33/h6,8-11,14,16,28H,5,7,12-13,15H2,1-4H3. The van der Waals surface area contributed by atoms with Crippen LogP contribution >= 0.6 is 0 Å². The molecule has 0 aliphatic carbocycles. The molecule has 4 aromatic rings. The molecule has 3 heterocycles. The van der Waals surface area contributed by atoms with Crippen molar-refractivity contribution in [3.05, 3.63) is 71.2 Å².